The highest BCUT2D eigenvalue weighted by molar-refractivity contribution is 7.10. The number of rotatable bonds is 2. The molecule has 0 spiro atoms. The SMILES string of the molecule is O=C1CCC(c2cccs2)C/C1=C/c1ccccc1. The van der Waals surface area contributed by atoms with Gasteiger partial charge in [0.15, 0.2) is 5.78 Å². The third kappa shape index (κ3) is 2.85. The van der Waals surface area contributed by atoms with E-state index in [1.807, 2.05) is 18.2 Å². The number of carbonyl (C=O) groups excluding carboxylic acids is 1. The maximum Gasteiger partial charge on any atom is 0.158 e. The zero-order valence-corrected chi connectivity index (χ0v) is 11.5. The normalized spacial score (nSPS) is 21.8. The summed E-state index contributed by atoms with van der Waals surface area (Å²) in [6.45, 7) is 0. The molecule has 0 N–H and O–H groups in total. The molecular formula is C17H16OS. The van der Waals surface area contributed by atoms with Gasteiger partial charge < -0.3 is 0 Å². The smallest absolute Gasteiger partial charge is 0.158 e. The molecule has 2 aromatic rings. The topological polar surface area (TPSA) is 17.1 Å². The number of benzene rings is 1. The van der Waals surface area contributed by atoms with Crippen LogP contribution in [0.3, 0.4) is 0 Å². The van der Waals surface area contributed by atoms with Gasteiger partial charge in [-0.2, -0.15) is 0 Å². The molecule has 1 atom stereocenters. The van der Waals surface area contributed by atoms with Crippen molar-refractivity contribution < 1.29 is 4.79 Å². The third-order valence-corrected chi connectivity index (χ3v) is 4.67. The van der Waals surface area contributed by atoms with Crippen LogP contribution in [0.4, 0.5) is 0 Å². The Kier molecular flexibility index (Phi) is 3.60. The van der Waals surface area contributed by atoms with Gasteiger partial charge in [-0.1, -0.05) is 36.4 Å². The summed E-state index contributed by atoms with van der Waals surface area (Å²) in [6.07, 6.45) is 4.61. The fraction of sp³-hybridized carbons (Fsp3) is 0.235. The molecule has 1 heterocycles. The van der Waals surface area contributed by atoms with Crippen molar-refractivity contribution in [1.29, 1.82) is 0 Å². The van der Waals surface area contributed by atoms with Gasteiger partial charge >= 0.3 is 0 Å². The van der Waals surface area contributed by atoms with Crippen molar-refractivity contribution in [2.24, 2.45) is 0 Å². The van der Waals surface area contributed by atoms with Crippen LogP contribution in [0.2, 0.25) is 0 Å². The summed E-state index contributed by atoms with van der Waals surface area (Å²) in [7, 11) is 0. The molecule has 1 aromatic carbocycles. The molecule has 1 unspecified atom stereocenters. The Bertz CT molecular complexity index is 581. The van der Waals surface area contributed by atoms with Gasteiger partial charge in [0.2, 0.25) is 0 Å². The van der Waals surface area contributed by atoms with Crippen molar-refractivity contribution in [2.45, 2.75) is 25.2 Å². The van der Waals surface area contributed by atoms with E-state index in [1.165, 1.54) is 4.88 Å². The summed E-state index contributed by atoms with van der Waals surface area (Å²) < 4.78 is 0. The maximum absolute atomic E-state index is 12.0. The first-order chi connectivity index (χ1) is 9.33. The molecule has 3 rings (SSSR count). The number of hydrogen-bond donors (Lipinski definition) is 0. The molecule has 19 heavy (non-hydrogen) atoms. The zero-order chi connectivity index (χ0) is 13.1. The molecule has 0 radical (unpaired) electrons. The molecular weight excluding hydrogens is 252 g/mol. The summed E-state index contributed by atoms with van der Waals surface area (Å²) in [5.74, 6) is 0.837. The van der Waals surface area contributed by atoms with Gasteiger partial charge in [-0.05, 0) is 47.4 Å². The Labute approximate surface area is 117 Å². The molecule has 0 saturated heterocycles. The Morgan fingerprint density at radius 3 is 2.68 bits per heavy atom. The second kappa shape index (κ2) is 5.54. The first-order valence-electron chi connectivity index (χ1n) is 6.65. The summed E-state index contributed by atoms with van der Waals surface area (Å²) in [5, 5.41) is 2.12. The fourth-order valence-electron chi connectivity index (χ4n) is 2.60. The van der Waals surface area contributed by atoms with E-state index in [0.717, 1.165) is 24.0 Å². The number of carbonyl (C=O) groups is 1. The van der Waals surface area contributed by atoms with Crippen molar-refractivity contribution in [1.82, 2.24) is 0 Å². The maximum atomic E-state index is 12.0. The number of ketones is 1. The van der Waals surface area contributed by atoms with Crippen LogP contribution in [0, 0.1) is 0 Å². The summed E-state index contributed by atoms with van der Waals surface area (Å²) in [6, 6.07) is 14.4. The molecule has 96 valence electrons. The van der Waals surface area contributed by atoms with Crippen molar-refractivity contribution >= 4 is 23.2 Å². The van der Waals surface area contributed by atoms with Gasteiger partial charge in [0.1, 0.15) is 0 Å². The molecule has 1 nitrogen and oxygen atoms in total. The van der Waals surface area contributed by atoms with Gasteiger partial charge in [0, 0.05) is 11.3 Å². The minimum absolute atomic E-state index is 0.316. The van der Waals surface area contributed by atoms with Crippen LogP contribution in [0.15, 0.2) is 53.4 Å². The number of Topliss-reactive ketones (excluding diaryl/α,β-unsaturated/α-hetero) is 1. The van der Waals surface area contributed by atoms with Crippen LogP contribution < -0.4 is 0 Å². The van der Waals surface area contributed by atoms with E-state index in [-0.39, 0.29) is 0 Å². The summed E-state index contributed by atoms with van der Waals surface area (Å²) in [4.78, 5) is 13.5. The predicted molar refractivity (Wildman–Crippen MR) is 80.3 cm³/mol. The highest BCUT2D eigenvalue weighted by atomic mass is 32.1. The third-order valence-electron chi connectivity index (χ3n) is 3.63. The van der Waals surface area contributed by atoms with E-state index in [2.05, 4.69) is 35.7 Å². The first kappa shape index (κ1) is 12.4. The van der Waals surface area contributed by atoms with Crippen LogP contribution in [0.5, 0.6) is 0 Å². The van der Waals surface area contributed by atoms with Crippen LogP contribution in [0.25, 0.3) is 6.08 Å². The monoisotopic (exact) mass is 268 g/mol. The lowest BCUT2D eigenvalue weighted by molar-refractivity contribution is -0.116. The van der Waals surface area contributed by atoms with Crippen LogP contribution in [0.1, 0.15) is 35.6 Å². The quantitative estimate of drug-likeness (QED) is 0.723. The Morgan fingerprint density at radius 2 is 1.95 bits per heavy atom. The Morgan fingerprint density at radius 1 is 1.11 bits per heavy atom. The summed E-state index contributed by atoms with van der Waals surface area (Å²) in [5.41, 5.74) is 2.11. The van der Waals surface area contributed by atoms with E-state index in [0.29, 0.717) is 18.1 Å². The summed E-state index contributed by atoms with van der Waals surface area (Å²) >= 11 is 1.80. The number of allylic oxidation sites excluding steroid dienone is 1. The van der Waals surface area contributed by atoms with Crippen LogP contribution in [-0.4, -0.2) is 5.78 Å². The van der Waals surface area contributed by atoms with Crippen molar-refractivity contribution in [3.63, 3.8) is 0 Å². The van der Waals surface area contributed by atoms with E-state index < -0.39 is 0 Å². The van der Waals surface area contributed by atoms with Gasteiger partial charge in [-0.15, -0.1) is 11.3 Å². The lowest BCUT2D eigenvalue weighted by Gasteiger charge is -2.22. The van der Waals surface area contributed by atoms with Crippen molar-refractivity contribution in [2.75, 3.05) is 0 Å². The molecule has 1 aliphatic rings. The van der Waals surface area contributed by atoms with Crippen molar-refractivity contribution in [3.05, 3.63) is 63.9 Å². The molecule has 0 amide bonds. The molecule has 0 aliphatic heterocycles. The Hall–Kier alpha value is -1.67. The standard InChI is InChI=1S/C17H16OS/c18-16-9-8-14(17-7-4-10-19-17)12-15(16)11-13-5-2-1-3-6-13/h1-7,10-11,14H,8-9,12H2/b15-11-. The molecule has 1 aliphatic carbocycles. The second-order valence-electron chi connectivity index (χ2n) is 4.96. The molecule has 0 bridgehead atoms. The number of thiophene rings is 1. The average molecular weight is 268 g/mol. The molecule has 1 saturated carbocycles. The largest absolute Gasteiger partial charge is 0.295 e. The van der Waals surface area contributed by atoms with Gasteiger partial charge in [-0.3, -0.25) is 4.79 Å². The van der Waals surface area contributed by atoms with Gasteiger partial charge in [0.05, 0.1) is 0 Å². The van der Waals surface area contributed by atoms with E-state index in [1.54, 1.807) is 11.3 Å². The van der Waals surface area contributed by atoms with Gasteiger partial charge in [-0.25, -0.2) is 0 Å². The van der Waals surface area contributed by atoms with Gasteiger partial charge in [0.25, 0.3) is 0 Å². The molecule has 1 fully saturated rings. The second-order valence-corrected chi connectivity index (χ2v) is 5.94. The zero-order valence-electron chi connectivity index (χ0n) is 10.7. The first-order valence-corrected chi connectivity index (χ1v) is 7.53. The minimum Gasteiger partial charge on any atom is -0.295 e. The lowest BCUT2D eigenvalue weighted by Crippen LogP contribution is -2.15. The van der Waals surface area contributed by atoms with Crippen LogP contribution >= 0.6 is 11.3 Å². The van der Waals surface area contributed by atoms with Crippen LogP contribution in [-0.2, 0) is 4.79 Å². The van der Waals surface area contributed by atoms with E-state index in [9.17, 15) is 4.79 Å². The van der Waals surface area contributed by atoms with E-state index >= 15 is 0 Å². The highest BCUT2D eigenvalue weighted by Gasteiger charge is 2.24. The average Bonchev–Trinajstić information content (AvgIpc) is 2.96. The highest BCUT2D eigenvalue weighted by Crippen LogP contribution is 2.36. The lowest BCUT2D eigenvalue weighted by atomic mass is 9.83. The van der Waals surface area contributed by atoms with Crippen molar-refractivity contribution in [3.8, 4) is 0 Å². The molecule has 2 heteroatoms. The predicted octanol–water partition coefficient (Wildman–Crippen LogP) is 4.67. The number of hydrogen-bond acceptors (Lipinski definition) is 2. The molecule has 1 aromatic heterocycles. The minimum atomic E-state index is 0.316. The Balaban J connectivity index is 1.84. The van der Waals surface area contributed by atoms with E-state index in [4.69, 9.17) is 0 Å². The fourth-order valence-corrected chi connectivity index (χ4v) is 3.47.